The highest BCUT2D eigenvalue weighted by Gasteiger charge is 2.34. The van der Waals surface area contributed by atoms with Gasteiger partial charge in [-0.2, -0.15) is 0 Å². The molecule has 0 spiro atoms. The van der Waals surface area contributed by atoms with Gasteiger partial charge in [-0.05, 0) is 36.2 Å². The molecule has 7 heteroatoms. The van der Waals surface area contributed by atoms with Crippen molar-refractivity contribution in [3.8, 4) is 11.5 Å². The van der Waals surface area contributed by atoms with Gasteiger partial charge in [0.2, 0.25) is 18.6 Å². The lowest BCUT2D eigenvalue weighted by atomic mass is 10.1. The van der Waals surface area contributed by atoms with Crippen LogP contribution >= 0.6 is 0 Å². The molecule has 2 aliphatic rings. The van der Waals surface area contributed by atoms with E-state index in [0.29, 0.717) is 26.1 Å². The normalized spacial score (nSPS) is 18.4. The van der Waals surface area contributed by atoms with Crippen LogP contribution in [0, 0.1) is 5.92 Å². The highest BCUT2D eigenvalue weighted by molar-refractivity contribution is 5.89. The van der Waals surface area contributed by atoms with Gasteiger partial charge in [-0.15, -0.1) is 0 Å². The third-order valence-electron chi connectivity index (χ3n) is 4.66. The van der Waals surface area contributed by atoms with Crippen LogP contribution in [0.3, 0.4) is 0 Å². The molecule has 2 aromatic rings. The summed E-state index contributed by atoms with van der Waals surface area (Å²) < 4.78 is 15.9. The minimum atomic E-state index is -0.311. The second-order valence-corrected chi connectivity index (χ2v) is 6.48. The molecule has 136 valence electrons. The molecule has 1 aromatic heterocycles. The number of carbonyl (C=O) groups excluding carboxylic acids is 2. The van der Waals surface area contributed by atoms with Gasteiger partial charge in [-0.1, -0.05) is 6.07 Å². The molecule has 4 rings (SSSR count). The molecule has 1 atom stereocenters. The number of benzene rings is 1. The maximum atomic E-state index is 12.4. The summed E-state index contributed by atoms with van der Waals surface area (Å²) in [5.74, 6) is 1.80. The fourth-order valence-electron chi connectivity index (χ4n) is 3.26. The monoisotopic (exact) mass is 356 g/mol. The van der Waals surface area contributed by atoms with E-state index in [4.69, 9.17) is 13.9 Å². The fraction of sp³-hybridized carbons (Fsp3) is 0.368. The Hall–Kier alpha value is -2.96. The minimum absolute atomic E-state index is 0.0164. The lowest BCUT2D eigenvalue weighted by Gasteiger charge is -2.15. The Kier molecular flexibility index (Phi) is 4.51. The molecular weight excluding hydrogens is 336 g/mol. The average Bonchev–Trinajstić information content (AvgIpc) is 3.37. The van der Waals surface area contributed by atoms with Crippen molar-refractivity contribution in [2.75, 3.05) is 19.9 Å². The van der Waals surface area contributed by atoms with E-state index in [1.807, 2.05) is 24.3 Å². The van der Waals surface area contributed by atoms with Gasteiger partial charge < -0.3 is 24.1 Å². The largest absolute Gasteiger partial charge is 0.467 e. The Bertz CT molecular complexity index is 802. The highest BCUT2D eigenvalue weighted by Crippen LogP contribution is 2.32. The van der Waals surface area contributed by atoms with E-state index < -0.39 is 0 Å². The number of carbonyl (C=O) groups is 2. The first-order valence-corrected chi connectivity index (χ1v) is 8.65. The molecule has 1 fully saturated rings. The molecule has 0 aliphatic carbocycles. The number of furan rings is 1. The minimum Gasteiger partial charge on any atom is -0.467 e. The number of likely N-dealkylation sites (tertiary alicyclic amines) is 1. The van der Waals surface area contributed by atoms with Crippen molar-refractivity contribution < 1.29 is 23.5 Å². The summed E-state index contributed by atoms with van der Waals surface area (Å²) in [4.78, 5) is 26.1. The molecule has 2 aliphatic heterocycles. The van der Waals surface area contributed by atoms with E-state index in [0.717, 1.165) is 22.8 Å². The number of amides is 2. The lowest BCUT2D eigenvalue weighted by Crippen LogP contribution is -2.34. The van der Waals surface area contributed by atoms with E-state index in [1.54, 1.807) is 17.2 Å². The number of nitrogens with zero attached hydrogens (tertiary/aromatic N) is 1. The first-order valence-electron chi connectivity index (χ1n) is 8.65. The molecule has 0 radical (unpaired) electrons. The molecule has 1 unspecified atom stereocenters. The topological polar surface area (TPSA) is 81.0 Å². The standard InChI is InChI=1S/C19H20N2O5/c22-18-9-14(10-21(18)11-15-2-1-7-24-15)19(23)20-6-5-13-3-4-16-17(8-13)26-12-25-16/h1-4,7-8,14H,5-6,9-12H2,(H,20,23). The first-order chi connectivity index (χ1) is 12.7. The van der Waals surface area contributed by atoms with Gasteiger partial charge in [-0.3, -0.25) is 9.59 Å². The summed E-state index contributed by atoms with van der Waals surface area (Å²) in [6.07, 6.45) is 2.52. The van der Waals surface area contributed by atoms with Crippen LogP contribution in [0.2, 0.25) is 0 Å². The van der Waals surface area contributed by atoms with Crippen LogP contribution in [0.15, 0.2) is 41.0 Å². The van der Waals surface area contributed by atoms with Gasteiger partial charge in [0.15, 0.2) is 11.5 Å². The molecule has 1 N–H and O–H groups in total. The van der Waals surface area contributed by atoms with Gasteiger partial charge in [0.1, 0.15) is 5.76 Å². The van der Waals surface area contributed by atoms with Crippen molar-refractivity contribution in [2.24, 2.45) is 5.92 Å². The van der Waals surface area contributed by atoms with E-state index in [2.05, 4.69) is 5.32 Å². The maximum Gasteiger partial charge on any atom is 0.231 e. The molecule has 7 nitrogen and oxygen atoms in total. The highest BCUT2D eigenvalue weighted by atomic mass is 16.7. The van der Waals surface area contributed by atoms with Crippen LogP contribution in [0.25, 0.3) is 0 Å². The Morgan fingerprint density at radius 2 is 2.12 bits per heavy atom. The second kappa shape index (κ2) is 7.11. The molecule has 2 amide bonds. The van der Waals surface area contributed by atoms with Crippen LogP contribution in [0.4, 0.5) is 0 Å². The van der Waals surface area contributed by atoms with Crippen LogP contribution in [-0.4, -0.2) is 36.6 Å². The zero-order valence-corrected chi connectivity index (χ0v) is 14.3. The van der Waals surface area contributed by atoms with Crippen LogP contribution in [0.1, 0.15) is 17.7 Å². The smallest absolute Gasteiger partial charge is 0.231 e. The van der Waals surface area contributed by atoms with E-state index in [9.17, 15) is 9.59 Å². The summed E-state index contributed by atoms with van der Waals surface area (Å²) in [5, 5.41) is 2.93. The SMILES string of the molecule is O=C(NCCc1ccc2c(c1)OCO2)C1CC(=O)N(Cc2ccco2)C1. The maximum absolute atomic E-state index is 12.4. The summed E-state index contributed by atoms with van der Waals surface area (Å²) in [5.41, 5.74) is 1.07. The predicted molar refractivity (Wildman–Crippen MR) is 91.5 cm³/mol. The van der Waals surface area contributed by atoms with E-state index >= 15 is 0 Å². The Morgan fingerprint density at radius 3 is 2.96 bits per heavy atom. The first kappa shape index (κ1) is 16.5. The van der Waals surface area contributed by atoms with Crippen molar-refractivity contribution in [3.63, 3.8) is 0 Å². The van der Waals surface area contributed by atoms with Gasteiger partial charge >= 0.3 is 0 Å². The molecule has 3 heterocycles. The number of hydrogen-bond donors (Lipinski definition) is 1. The Balaban J connectivity index is 1.25. The average molecular weight is 356 g/mol. The number of fused-ring (bicyclic) bond motifs is 1. The molecule has 0 saturated carbocycles. The zero-order chi connectivity index (χ0) is 17.9. The number of nitrogens with one attached hydrogen (secondary N) is 1. The molecular formula is C19H20N2O5. The van der Waals surface area contributed by atoms with Crippen molar-refractivity contribution in [1.82, 2.24) is 10.2 Å². The Labute approximate surface area is 150 Å². The molecule has 1 aromatic carbocycles. The van der Waals surface area contributed by atoms with Crippen molar-refractivity contribution in [3.05, 3.63) is 47.9 Å². The fourth-order valence-corrected chi connectivity index (χ4v) is 3.26. The van der Waals surface area contributed by atoms with Crippen LogP contribution < -0.4 is 14.8 Å². The van der Waals surface area contributed by atoms with Crippen molar-refractivity contribution >= 4 is 11.8 Å². The number of rotatable bonds is 6. The van der Waals surface area contributed by atoms with Crippen molar-refractivity contribution in [2.45, 2.75) is 19.4 Å². The quantitative estimate of drug-likeness (QED) is 0.852. The van der Waals surface area contributed by atoms with Crippen LogP contribution in [-0.2, 0) is 22.6 Å². The lowest BCUT2D eigenvalue weighted by molar-refractivity contribution is -0.129. The second-order valence-electron chi connectivity index (χ2n) is 6.48. The third kappa shape index (κ3) is 3.51. The van der Waals surface area contributed by atoms with Gasteiger partial charge in [-0.25, -0.2) is 0 Å². The van der Waals surface area contributed by atoms with Gasteiger partial charge in [0, 0.05) is 19.5 Å². The molecule has 1 saturated heterocycles. The van der Waals surface area contributed by atoms with Gasteiger partial charge in [0.25, 0.3) is 0 Å². The van der Waals surface area contributed by atoms with Crippen molar-refractivity contribution in [1.29, 1.82) is 0 Å². The third-order valence-corrected chi connectivity index (χ3v) is 4.66. The molecule has 26 heavy (non-hydrogen) atoms. The zero-order valence-electron chi connectivity index (χ0n) is 14.3. The Morgan fingerprint density at radius 1 is 1.23 bits per heavy atom. The van der Waals surface area contributed by atoms with Gasteiger partial charge in [0.05, 0.1) is 18.7 Å². The van der Waals surface area contributed by atoms with E-state index in [1.165, 1.54) is 0 Å². The molecule has 0 bridgehead atoms. The van der Waals surface area contributed by atoms with E-state index in [-0.39, 0.29) is 30.9 Å². The summed E-state index contributed by atoms with van der Waals surface area (Å²) >= 11 is 0. The van der Waals surface area contributed by atoms with Crippen LogP contribution in [0.5, 0.6) is 11.5 Å². The predicted octanol–water partition coefficient (Wildman–Crippen LogP) is 1.72. The summed E-state index contributed by atoms with van der Waals surface area (Å²) in [6, 6.07) is 9.38. The number of hydrogen-bond acceptors (Lipinski definition) is 5. The summed E-state index contributed by atoms with van der Waals surface area (Å²) in [6.45, 7) is 1.60. The summed E-state index contributed by atoms with van der Waals surface area (Å²) in [7, 11) is 0. The number of ether oxygens (including phenoxy) is 2.